The van der Waals surface area contributed by atoms with Gasteiger partial charge < -0.3 is 0 Å². The van der Waals surface area contributed by atoms with E-state index in [1.54, 1.807) is 0 Å². The van der Waals surface area contributed by atoms with Gasteiger partial charge >= 0.3 is 36.0 Å². The van der Waals surface area contributed by atoms with Gasteiger partial charge in [-0.1, -0.05) is 0 Å². The van der Waals surface area contributed by atoms with Crippen molar-refractivity contribution < 1.29 is 66.3 Å². The van der Waals surface area contributed by atoms with Crippen molar-refractivity contribution in [3.8, 4) is 0 Å². The molecule has 1 heterocycles. The predicted octanol–water partition coefficient (Wildman–Crippen LogP) is 5.12. The van der Waals surface area contributed by atoms with E-state index in [1.807, 2.05) is 5.10 Å². The lowest BCUT2D eigenvalue weighted by atomic mass is 10.0. The van der Waals surface area contributed by atoms with Gasteiger partial charge in [-0.05, 0) is 6.07 Å². The molecule has 1 aromatic heterocycles. The van der Waals surface area contributed by atoms with Crippen molar-refractivity contribution in [2.24, 2.45) is 0 Å². The highest BCUT2D eigenvalue weighted by atomic mass is 19.4. The standard InChI is InChI=1S/C11H4F14N2O/c1-3(28)27-5(7(14,15)9(18,19)11(23,24)25)2-4(26-27)6(12,13)8(16,17)10(20,21)22/h2H,1H3. The minimum atomic E-state index is -7.04. The molecule has 0 aliphatic rings. The van der Waals surface area contributed by atoms with Gasteiger partial charge in [0.1, 0.15) is 11.4 Å². The molecule has 0 saturated heterocycles. The molecule has 0 amide bonds. The van der Waals surface area contributed by atoms with Crippen LogP contribution in [0.2, 0.25) is 0 Å². The summed E-state index contributed by atoms with van der Waals surface area (Å²) in [6.07, 6.45) is -14.0. The minimum absolute atomic E-state index is 0.0993. The zero-order valence-electron chi connectivity index (χ0n) is 12.7. The van der Waals surface area contributed by atoms with E-state index in [4.69, 9.17) is 0 Å². The van der Waals surface area contributed by atoms with Crippen LogP contribution < -0.4 is 0 Å². The maximum Gasteiger partial charge on any atom is 0.460 e. The normalized spacial score (nSPS) is 15.1. The number of nitrogens with zero attached hydrogens (tertiary/aromatic N) is 2. The first-order chi connectivity index (χ1) is 12.0. The fraction of sp³-hybridized carbons (Fsp3) is 0.636. The molecule has 0 spiro atoms. The number of hydrogen-bond acceptors (Lipinski definition) is 2. The maximum atomic E-state index is 13.6. The van der Waals surface area contributed by atoms with E-state index < -0.39 is 64.1 Å². The second kappa shape index (κ2) is 6.20. The van der Waals surface area contributed by atoms with E-state index in [-0.39, 0.29) is 6.92 Å². The second-order valence-corrected chi connectivity index (χ2v) is 5.14. The van der Waals surface area contributed by atoms with E-state index in [0.29, 0.717) is 0 Å². The van der Waals surface area contributed by atoms with Gasteiger partial charge in [0.05, 0.1) is 0 Å². The van der Waals surface area contributed by atoms with Crippen molar-refractivity contribution in [1.82, 2.24) is 9.78 Å². The van der Waals surface area contributed by atoms with Crippen molar-refractivity contribution >= 4 is 5.91 Å². The predicted molar refractivity (Wildman–Crippen MR) is 58.3 cm³/mol. The van der Waals surface area contributed by atoms with Crippen LogP contribution in [0.1, 0.15) is 23.1 Å². The summed E-state index contributed by atoms with van der Waals surface area (Å²) in [6.45, 7) is 0.0993. The zero-order valence-corrected chi connectivity index (χ0v) is 12.7. The van der Waals surface area contributed by atoms with Crippen LogP contribution in [0.15, 0.2) is 6.07 Å². The average Bonchev–Trinajstić information content (AvgIpc) is 2.90. The molecular weight excluding hydrogens is 442 g/mol. The highest BCUT2D eigenvalue weighted by Gasteiger charge is 2.77. The van der Waals surface area contributed by atoms with Crippen molar-refractivity contribution in [3.63, 3.8) is 0 Å². The molecule has 3 nitrogen and oxygen atoms in total. The summed E-state index contributed by atoms with van der Waals surface area (Å²) in [4.78, 5) is 11.1. The third-order valence-corrected chi connectivity index (χ3v) is 3.15. The van der Waals surface area contributed by atoms with E-state index in [2.05, 4.69) is 0 Å². The van der Waals surface area contributed by atoms with Crippen LogP contribution in [0.25, 0.3) is 0 Å². The molecule has 0 bridgehead atoms. The highest BCUT2D eigenvalue weighted by Crippen LogP contribution is 2.54. The quantitative estimate of drug-likeness (QED) is 0.602. The molecule has 17 heteroatoms. The van der Waals surface area contributed by atoms with E-state index in [0.717, 1.165) is 0 Å². The van der Waals surface area contributed by atoms with Gasteiger partial charge in [0.2, 0.25) is 5.91 Å². The lowest BCUT2D eigenvalue weighted by Gasteiger charge is -2.28. The van der Waals surface area contributed by atoms with E-state index in [1.165, 1.54) is 0 Å². The molecular formula is C11H4F14N2O. The molecule has 0 aromatic carbocycles. The molecule has 0 unspecified atom stereocenters. The third kappa shape index (κ3) is 3.27. The fourth-order valence-corrected chi connectivity index (χ4v) is 1.68. The maximum absolute atomic E-state index is 13.6. The average molecular weight is 446 g/mol. The summed E-state index contributed by atoms with van der Waals surface area (Å²) in [5.41, 5.74) is -5.97. The topological polar surface area (TPSA) is 34.9 Å². The molecule has 0 aliphatic heterocycles. The number of aromatic nitrogens is 2. The number of hydrogen-bond donors (Lipinski definition) is 0. The molecule has 1 aromatic rings. The number of carbonyl (C=O) groups excluding carboxylic acids is 1. The van der Waals surface area contributed by atoms with Crippen LogP contribution in [0.4, 0.5) is 61.5 Å². The first-order valence-corrected chi connectivity index (χ1v) is 6.30. The SMILES string of the molecule is CC(=O)n1nc(C(F)(F)C(F)(F)C(F)(F)F)cc1C(F)(F)C(F)(F)C(F)(F)F. The van der Waals surface area contributed by atoms with Gasteiger partial charge in [-0.15, -0.1) is 0 Å². The van der Waals surface area contributed by atoms with Crippen LogP contribution in [-0.2, 0) is 11.8 Å². The molecule has 162 valence electrons. The molecule has 0 fully saturated rings. The van der Waals surface area contributed by atoms with Crippen molar-refractivity contribution in [1.29, 1.82) is 0 Å². The molecule has 0 radical (unpaired) electrons. The Labute approximate surface area is 143 Å². The van der Waals surface area contributed by atoms with Gasteiger partial charge in [-0.25, -0.2) is 0 Å². The summed E-state index contributed by atoms with van der Waals surface area (Å²) in [6, 6.07) is -1.26. The number of alkyl halides is 14. The molecule has 0 atom stereocenters. The zero-order chi connectivity index (χ0) is 22.7. The van der Waals surface area contributed by atoms with Gasteiger partial charge in [-0.2, -0.15) is 71.2 Å². The van der Waals surface area contributed by atoms with Crippen LogP contribution >= 0.6 is 0 Å². The van der Waals surface area contributed by atoms with Gasteiger partial charge in [-0.3, -0.25) is 4.79 Å². The van der Waals surface area contributed by atoms with Crippen LogP contribution in [0.3, 0.4) is 0 Å². The van der Waals surface area contributed by atoms with Crippen molar-refractivity contribution in [3.05, 3.63) is 17.5 Å². The fourth-order valence-electron chi connectivity index (χ4n) is 1.68. The first kappa shape index (κ1) is 23.9. The Hall–Kier alpha value is -2.10. The van der Waals surface area contributed by atoms with Gasteiger partial charge in [0.25, 0.3) is 0 Å². The number of rotatable bonds is 4. The summed E-state index contributed by atoms with van der Waals surface area (Å²) in [5.74, 6) is -29.2. The monoisotopic (exact) mass is 446 g/mol. The summed E-state index contributed by atoms with van der Waals surface area (Å²) in [7, 11) is 0. The Kier molecular flexibility index (Phi) is 5.30. The van der Waals surface area contributed by atoms with Crippen molar-refractivity contribution in [2.45, 2.75) is 43.0 Å². The molecule has 0 N–H and O–H groups in total. The molecule has 1 rings (SSSR count). The summed E-state index contributed by atoms with van der Waals surface area (Å²) >= 11 is 0. The second-order valence-electron chi connectivity index (χ2n) is 5.14. The van der Waals surface area contributed by atoms with E-state index in [9.17, 15) is 66.3 Å². The van der Waals surface area contributed by atoms with Crippen LogP contribution in [-0.4, -0.2) is 39.9 Å². The van der Waals surface area contributed by atoms with Crippen LogP contribution in [0, 0.1) is 0 Å². The summed E-state index contributed by atoms with van der Waals surface area (Å²) in [5, 5.41) is 1.98. The largest absolute Gasteiger partial charge is 0.460 e. The summed E-state index contributed by atoms with van der Waals surface area (Å²) < 4.78 is 178. The Morgan fingerprint density at radius 1 is 0.750 bits per heavy atom. The Morgan fingerprint density at radius 3 is 1.43 bits per heavy atom. The lowest BCUT2D eigenvalue weighted by Crippen LogP contribution is -2.51. The van der Waals surface area contributed by atoms with Gasteiger partial charge in [0, 0.05) is 6.92 Å². The molecule has 28 heavy (non-hydrogen) atoms. The smallest absolute Gasteiger partial charge is 0.273 e. The Balaban J connectivity index is 3.77. The Morgan fingerprint density at radius 2 is 1.11 bits per heavy atom. The van der Waals surface area contributed by atoms with Crippen molar-refractivity contribution in [2.75, 3.05) is 0 Å². The number of carbonyl (C=O) groups is 1. The van der Waals surface area contributed by atoms with Crippen LogP contribution in [0.5, 0.6) is 0 Å². The minimum Gasteiger partial charge on any atom is -0.273 e. The van der Waals surface area contributed by atoms with E-state index >= 15 is 0 Å². The third-order valence-electron chi connectivity index (χ3n) is 3.15. The Bertz CT molecular complexity index is 756. The molecule has 0 aliphatic carbocycles. The lowest BCUT2D eigenvalue weighted by molar-refractivity contribution is -0.361. The first-order valence-electron chi connectivity index (χ1n) is 6.30. The number of halogens is 14. The highest BCUT2D eigenvalue weighted by molar-refractivity contribution is 5.76. The van der Waals surface area contributed by atoms with Gasteiger partial charge in [0.15, 0.2) is 0 Å². The molecule has 0 saturated carbocycles.